The van der Waals surface area contributed by atoms with E-state index < -0.39 is 5.97 Å². The summed E-state index contributed by atoms with van der Waals surface area (Å²) in [6, 6.07) is 14.4. The lowest BCUT2D eigenvalue weighted by atomic mass is 9.84. The van der Waals surface area contributed by atoms with Crippen LogP contribution in [0.25, 0.3) is 5.69 Å². The summed E-state index contributed by atoms with van der Waals surface area (Å²) in [4.78, 5) is 24.6. The van der Waals surface area contributed by atoms with Gasteiger partial charge in [0.2, 0.25) is 0 Å². The first kappa shape index (κ1) is 19.0. The SMILES string of the molecule is O=C(COC(=O)c1ccc(-n2cnnn2)cc1)c1ccc(C2CCCCC2)cc1. The number of ether oxygens (including phenoxy) is 1. The van der Waals surface area contributed by atoms with Crippen molar-refractivity contribution in [1.82, 2.24) is 20.2 Å². The molecule has 1 saturated carbocycles. The van der Waals surface area contributed by atoms with Crippen LogP contribution in [0, 0.1) is 0 Å². The Bertz CT molecular complexity index is 960. The van der Waals surface area contributed by atoms with Crippen molar-refractivity contribution < 1.29 is 14.3 Å². The fourth-order valence-corrected chi connectivity index (χ4v) is 3.70. The van der Waals surface area contributed by atoms with Gasteiger partial charge in [-0.05, 0) is 59.0 Å². The molecule has 1 aromatic heterocycles. The molecular weight excluding hydrogens is 368 g/mol. The van der Waals surface area contributed by atoms with E-state index in [0.29, 0.717) is 17.0 Å². The van der Waals surface area contributed by atoms with Crippen LogP contribution in [0.1, 0.15) is 64.3 Å². The van der Waals surface area contributed by atoms with E-state index in [2.05, 4.69) is 15.5 Å². The quantitative estimate of drug-likeness (QED) is 0.471. The molecule has 0 spiro atoms. The van der Waals surface area contributed by atoms with E-state index in [0.717, 1.165) is 5.69 Å². The molecule has 148 valence electrons. The van der Waals surface area contributed by atoms with Gasteiger partial charge in [0, 0.05) is 5.56 Å². The fraction of sp³-hybridized carbons (Fsp3) is 0.318. The van der Waals surface area contributed by atoms with Gasteiger partial charge in [-0.3, -0.25) is 4.79 Å². The maximum atomic E-state index is 12.4. The largest absolute Gasteiger partial charge is 0.454 e. The standard InChI is InChI=1S/C22H22N4O3/c27-21(18-8-6-17(7-9-18)16-4-2-1-3-5-16)14-29-22(28)19-10-12-20(13-11-19)26-15-23-24-25-26/h6-13,15-16H,1-5,14H2. The van der Waals surface area contributed by atoms with Crippen LogP contribution < -0.4 is 0 Å². The minimum Gasteiger partial charge on any atom is -0.454 e. The van der Waals surface area contributed by atoms with E-state index in [1.807, 2.05) is 24.3 Å². The van der Waals surface area contributed by atoms with Gasteiger partial charge in [0.15, 0.2) is 12.4 Å². The average molecular weight is 390 g/mol. The fourth-order valence-electron chi connectivity index (χ4n) is 3.70. The van der Waals surface area contributed by atoms with Gasteiger partial charge in [-0.25, -0.2) is 9.48 Å². The van der Waals surface area contributed by atoms with Crippen LogP contribution in [0.3, 0.4) is 0 Å². The molecule has 2 aromatic carbocycles. The number of tetrazole rings is 1. The Morgan fingerprint density at radius 1 is 0.931 bits per heavy atom. The molecule has 4 rings (SSSR count). The van der Waals surface area contributed by atoms with Crippen LogP contribution in [0.2, 0.25) is 0 Å². The highest BCUT2D eigenvalue weighted by molar-refractivity contribution is 5.99. The highest BCUT2D eigenvalue weighted by Crippen LogP contribution is 2.32. The zero-order valence-corrected chi connectivity index (χ0v) is 16.0. The third-order valence-corrected chi connectivity index (χ3v) is 5.36. The van der Waals surface area contributed by atoms with Crippen molar-refractivity contribution in [2.24, 2.45) is 0 Å². The first-order valence-corrected chi connectivity index (χ1v) is 9.84. The summed E-state index contributed by atoms with van der Waals surface area (Å²) >= 11 is 0. The van der Waals surface area contributed by atoms with Gasteiger partial charge in [-0.15, -0.1) is 5.10 Å². The average Bonchev–Trinajstić information content (AvgIpc) is 3.33. The molecule has 7 nitrogen and oxygen atoms in total. The van der Waals surface area contributed by atoms with Crippen LogP contribution >= 0.6 is 0 Å². The molecular formula is C22H22N4O3. The van der Waals surface area contributed by atoms with Crippen molar-refractivity contribution in [3.05, 3.63) is 71.5 Å². The van der Waals surface area contributed by atoms with E-state index in [-0.39, 0.29) is 12.4 Å². The number of Topliss-reactive ketones (excluding diaryl/α,β-unsaturated/α-hetero) is 1. The van der Waals surface area contributed by atoms with Gasteiger partial charge in [-0.2, -0.15) is 0 Å². The van der Waals surface area contributed by atoms with Gasteiger partial charge < -0.3 is 4.74 Å². The number of esters is 1. The Balaban J connectivity index is 1.32. The van der Waals surface area contributed by atoms with Crippen molar-refractivity contribution in [3.8, 4) is 5.69 Å². The summed E-state index contributed by atoms with van der Waals surface area (Å²) < 4.78 is 6.67. The monoisotopic (exact) mass is 390 g/mol. The smallest absolute Gasteiger partial charge is 0.338 e. The molecule has 1 aliphatic carbocycles. The van der Waals surface area contributed by atoms with E-state index >= 15 is 0 Å². The number of carbonyl (C=O) groups excluding carboxylic acids is 2. The molecule has 0 bridgehead atoms. The Labute approximate surface area is 168 Å². The molecule has 0 atom stereocenters. The van der Waals surface area contributed by atoms with E-state index in [4.69, 9.17) is 4.74 Å². The topological polar surface area (TPSA) is 87.0 Å². The summed E-state index contributed by atoms with van der Waals surface area (Å²) in [5, 5.41) is 10.9. The molecule has 1 fully saturated rings. The third-order valence-electron chi connectivity index (χ3n) is 5.36. The Hall–Kier alpha value is -3.35. The zero-order valence-electron chi connectivity index (χ0n) is 16.0. The number of hydrogen-bond acceptors (Lipinski definition) is 6. The number of ketones is 1. The van der Waals surface area contributed by atoms with Crippen LogP contribution in [0.15, 0.2) is 54.9 Å². The lowest BCUT2D eigenvalue weighted by Gasteiger charge is -2.22. The second kappa shape index (κ2) is 8.77. The zero-order chi connectivity index (χ0) is 20.1. The minimum atomic E-state index is -0.541. The van der Waals surface area contributed by atoms with Gasteiger partial charge >= 0.3 is 5.97 Å². The summed E-state index contributed by atoms with van der Waals surface area (Å²) in [6.45, 7) is -0.281. The molecule has 0 radical (unpaired) electrons. The number of carbonyl (C=O) groups is 2. The van der Waals surface area contributed by atoms with E-state index in [1.54, 1.807) is 24.3 Å². The first-order valence-electron chi connectivity index (χ1n) is 9.84. The predicted octanol–water partition coefficient (Wildman–Crippen LogP) is 3.75. The van der Waals surface area contributed by atoms with Gasteiger partial charge in [0.05, 0.1) is 11.3 Å². The Morgan fingerprint density at radius 2 is 1.62 bits per heavy atom. The molecule has 29 heavy (non-hydrogen) atoms. The Morgan fingerprint density at radius 3 is 2.28 bits per heavy atom. The highest BCUT2D eigenvalue weighted by atomic mass is 16.5. The van der Waals surface area contributed by atoms with Crippen LogP contribution in [-0.2, 0) is 4.74 Å². The lowest BCUT2D eigenvalue weighted by Crippen LogP contribution is -2.14. The van der Waals surface area contributed by atoms with Crippen molar-refractivity contribution in [2.75, 3.05) is 6.61 Å². The molecule has 0 saturated heterocycles. The molecule has 3 aromatic rings. The first-order chi connectivity index (χ1) is 14.2. The molecule has 0 amide bonds. The molecule has 0 aliphatic heterocycles. The predicted molar refractivity (Wildman–Crippen MR) is 106 cm³/mol. The van der Waals surface area contributed by atoms with E-state index in [9.17, 15) is 9.59 Å². The van der Waals surface area contributed by atoms with Gasteiger partial charge in [0.1, 0.15) is 6.33 Å². The molecule has 1 heterocycles. The normalized spacial score (nSPS) is 14.5. The number of aromatic nitrogens is 4. The van der Waals surface area contributed by atoms with Crippen molar-refractivity contribution >= 4 is 11.8 Å². The molecule has 7 heteroatoms. The van der Waals surface area contributed by atoms with Crippen molar-refractivity contribution in [1.29, 1.82) is 0 Å². The van der Waals surface area contributed by atoms with Gasteiger partial charge in [-0.1, -0.05) is 43.5 Å². The lowest BCUT2D eigenvalue weighted by molar-refractivity contribution is 0.0475. The number of rotatable bonds is 6. The molecule has 0 N–H and O–H groups in total. The summed E-state index contributed by atoms with van der Waals surface area (Å²) in [5.41, 5.74) is 2.94. The number of nitrogens with zero attached hydrogens (tertiary/aromatic N) is 4. The van der Waals surface area contributed by atoms with Crippen molar-refractivity contribution in [3.63, 3.8) is 0 Å². The third kappa shape index (κ3) is 4.56. The number of hydrogen-bond donors (Lipinski definition) is 0. The summed E-state index contributed by atoms with van der Waals surface area (Å²) in [5.74, 6) is -0.152. The second-order valence-electron chi connectivity index (χ2n) is 7.26. The van der Waals surface area contributed by atoms with Crippen LogP contribution in [0.5, 0.6) is 0 Å². The highest BCUT2D eigenvalue weighted by Gasteiger charge is 2.17. The van der Waals surface area contributed by atoms with Crippen LogP contribution in [-0.4, -0.2) is 38.6 Å². The summed E-state index contributed by atoms with van der Waals surface area (Å²) in [6.07, 6.45) is 7.77. The van der Waals surface area contributed by atoms with E-state index in [1.165, 1.54) is 48.7 Å². The van der Waals surface area contributed by atoms with Gasteiger partial charge in [0.25, 0.3) is 0 Å². The summed E-state index contributed by atoms with van der Waals surface area (Å²) in [7, 11) is 0. The van der Waals surface area contributed by atoms with Crippen LogP contribution in [0.4, 0.5) is 0 Å². The maximum absolute atomic E-state index is 12.4. The van der Waals surface area contributed by atoms with Crippen molar-refractivity contribution in [2.45, 2.75) is 38.0 Å². The molecule has 1 aliphatic rings. The number of benzene rings is 2. The minimum absolute atomic E-state index is 0.209. The second-order valence-corrected chi connectivity index (χ2v) is 7.26. The molecule has 0 unspecified atom stereocenters. The Kier molecular flexibility index (Phi) is 5.74. The maximum Gasteiger partial charge on any atom is 0.338 e.